The van der Waals surface area contributed by atoms with Crippen LogP contribution in [0, 0.1) is 11.6 Å². The Hall–Kier alpha value is -4.07. The highest BCUT2D eigenvalue weighted by atomic mass is 19.1. The lowest BCUT2D eigenvalue weighted by atomic mass is 10.1. The third-order valence-electron chi connectivity index (χ3n) is 4.43. The average Bonchev–Trinajstić information content (AvgIpc) is 2.98. The monoisotopic (exact) mass is 408 g/mol. The van der Waals surface area contributed by atoms with Crippen LogP contribution in [0.15, 0.2) is 66.7 Å². The number of ether oxygens (including phenoxy) is 1. The van der Waals surface area contributed by atoms with Crippen LogP contribution in [-0.2, 0) is 4.79 Å². The zero-order valence-corrected chi connectivity index (χ0v) is 15.4. The molecule has 0 fully saturated rings. The summed E-state index contributed by atoms with van der Waals surface area (Å²) in [5.41, 5.74) is 1.24. The highest BCUT2D eigenvalue weighted by Gasteiger charge is 2.36. The van der Waals surface area contributed by atoms with Crippen LogP contribution in [0.5, 0.6) is 5.75 Å². The minimum atomic E-state index is -0.921. The fraction of sp³-hybridized carbons (Fsp3) is 0.0455. The van der Waals surface area contributed by atoms with Gasteiger partial charge in [-0.15, -0.1) is 0 Å². The first-order valence-electron chi connectivity index (χ1n) is 8.89. The van der Waals surface area contributed by atoms with Crippen molar-refractivity contribution in [3.63, 3.8) is 0 Å². The van der Waals surface area contributed by atoms with Gasteiger partial charge in [0.1, 0.15) is 5.82 Å². The summed E-state index contributed by atoms with van der Waals surface area (Å²) in [5, 5.41) is 2.55. The van der Waals surface area contributed by atoms with E-state index in [1.54, 1.807) is 42.5 Å². The van der Waals surface area contributed by atoms with Gasteiger partial charge in [-0.05, 0) is 42.5 Å². The molecule has 0 saturated heterocycles. The maximum atomic E-state index is 13.6. The van der Waals surface area contributed by atoms with Crippen molar-refractivity contribution < 1.29 is 27.9 Å². The summed E-state index contributed by atoms with van der Waals surface area (Å²) in [6.07, 6.45) is 0. The van der Waals surface area contributed by atoms with Crippen molar-refractivity contribution in [2.45, 2.75) is 0 Å². The second-order valence-electron chi connectivity index (χ2n) is 6.45. The first-order valence-corrected chi connectivity index (χ1v) is 8.89. The molecule has 1 N–H and O–H groups in total. The molecule has 1 heterocycles. The Labute approximate surface area is 169 Å². The molecule has 3 aromatic rings. The van der Waals surface area contributed by atoms with E-state index in [0.29, 0.717) is 28.6 Å². The largest absolute Gasteiger partial charge is 0.481 e. The third kappa shape index (κ3) is 3.62. The molecule has 0 aliphatic carbocycles. The number of halogens is 2. The Balaban J connectivity index is 1.46. The first-order chi connectivity index (χ1) is 14.4. The van der Waals surface area contributed by atoms with Gasteiger partial charge in [0.15, 0.2) is 18.2 Å². The SMILES string of the molecule is O=C(COc1ccc(F)cc1F)Nc1cccc(N2C(=O)c3ccccc3C2=O)c1. The van der Waals surface area contributed by atoms with E-state index in [0.717, 1.165) is 17.0 Å². The molecule has 3 amide bonds. The fourth-order valence-electron chi connectivity index (χ4n) is 3.08. The molecule has 1 aliphatic rings. The van der Waals surface area contributed by atoms with Crippen LogP contribution in [0.1, 0.15) is 20.7 Å². The standard InChI is InChI=1S/C22H14F2N2O4/c23-13-8-9-19(18(24)10-13)30-12-20(27)25-14-4-3-5-15(11-14)26-21(28)16-6-1-2-7-17(16)22(26)29/h1-11H,12H2,(H,25,27). The van der Waals surface area contributed by atoms with E-state index < -0.39 is 36.0 Å². The molecule has 0 bridgehead atoms. The summed E-state index contributed by atoms with van der Waals surface area (Å²) in [5.74, 6) is -3.43. The number of imide groups is 1. The molecular weight excluding hydrogens is 394 g/mol. The summed E-state index contributed by atoms with van der Waals surface area (Å²) < 4.78 is 31.5. The molecule has 1 aliphatic heterocycles. The van der Waals surface area contributed by atoms with Gasteiger partial charge in [-0.3, -0.25) is 14.4 Å². The maximum Gasteiger partial charge on any atom is 0.266 e. The number of hydrogen-bond donors (Lipinski definition) is 1. The van der Waals surface area contributed by atoms with Gasteiger partial charge in [-0.1, -0.05) is 18.2 Å². The number of fused-ring (bicyclic) bond motifs is 1. The number of anilines is 2. The minimum absolute atomic E-state index is 0.258. The van der Waals surface area contributed by atoms with E-state index in [1.165, 1.54) is 6.07 Å². The molecule has 0 radical (unpaired) electrons. The molecule has 6 nitrogen and oxygen atoms in total. The van der Waals surface area contributed by atoms with Crippen LogP contribution in [0.2, 0.25) is 0 Å². The quantitative estimate of drug-likeness (QED) is 0.652. The number of amides is 3. The van der Waals surface area contributed by atoms with Crippen LogP contribution >= 0.6 is 0 Å². The minimum Gasteiger partial charge on any atom is -0.481 e. The van der Waals surface area contributed by atoms with Crippen molar-refractivity contribution in [1.29, 1.82) is 0 Å². The third-order valence-corrected chi connectivity index (χ3v) is 4.43. The maximum absolute atomic E-state index is 13.6. The van der Waals surface area contributed by atoms with Crippen molar-refractivity contribution in [3.05, 3.63) is 89.5 Å². The van der Waals surface area contributed by atoms with E-state index in [4.69, 9.17) is 4.74 Å². The van der Waals surface area contributed by atoms with Gasteiger partial charge in [0.05, 0.1) is 16.8 Å². The Morgan fingerprint density at radius 2 is 1.60 bits per heavy atom. The van der Waals surface area contributed by atoms with E-state index in [9.17, 15) is 23.2 Å². The lowest BCUT2D eigenvalue weighted by Crippen LogP contribution is -2.29. The van der Waals surface area contributed by atoms with E-state index in [2.05, 4.69) is 5.32 Å². The Morgan fingerprint density at radius 1 is 0.900 bits per heavy atom. The Morgan fingerprint density at radius 3 is 2.27 bits per heavy atom. The molecular formula is C22H14F2N2O4. The molecule has 4 rings (SSSR count). The first kappa shape index (κ1) is 19.3. The molecule has 3 aromatic carbocycles. The number of hydrogen-bond acceptors (Lipinski definition) is 4. The van der Waals surface area contributed by atoms with Crippen LogP contribution in [0.3, 0.4) is 0 Å². The zero-order valence-electron chi connectivity index (χ0n) is 15.4. The Bertz CT molecular complexity index is 1140. The molecule has 30 heavy (non-hydrogen) atoms. The van der Waals surface area contributed by atoms with E-state index >= 15 is 0 Å². The topological polar surface area (TPSA) is 75.7 Å². The molecule has 0 atom stereocenters. The van der Waals surface area contributed by atoms with Crippen molar-refractivity contribution in [1.82, 2.24) is 0 Å². The van der Waals surface area contributed by atoms with Gasteiger partial charge in [0.25, 0.3) is 17.7 Å². The summed E-state index contributed by atoms with van der Waals surface area (Å²) >= 11 is 0. The van der Waals surface area contributed by atoms with Gasteiger partial charge in [0.2, 0.25) is 0 Å². The number of carbonyl (C=O) groups excluding carboxylic acids is 3. The van der Waals surface area contributed by atoms with Crippen LogP contribution in [-0.4, -0.2) is 24.3 Å². The lowest BCUT2D eigenvalue weighted by molar-refractivity contribution is -0.118. The van der Waals surface area contributed by atoms with Gasteiger partial charge >= 0.3 is 0 Å². The van der Waals surface area contributed by atoms with Crippen molar-refractivity contribution in [3.8, 4) is 5.75 Å². The van der Waals surface area contributed by atoms with Crippen LogP contribution in [0.4, 0.5) is 20.2 Å². The second kappa shape index (κ2) is 7.75. The van der Waals surface area contributed by atoms with Crippen molar-refractivity contribution in [2.75, 3.05) is 16.8 Å². The van der Waals surface area contributed by atoms with Crippen molar-refractivity contribution >= 4 is 29.1 Å². The number of benzene rings is 3. The molecule has 150 valence electrons. The van der Waals surface area contributed by atoms with E-state index in [-0.39, 0.29) is 5.75 Å². The predicted molar refractivity (Wildman–Crippen MR) is 105 cm³/mol. The zero-order chi connectivity index (χ0) is 21.3. The summed E-state index contributed by atoms with van der Waals surface area (Å²) in [6, 6.07) is 15.4. The van der Waals surface area contributed by atoms with Crippen LogP contribution < -0.4 is 15.0 Å². The second-order valence-corrected chi connectivity index (χ2v) is 6.45. The van der Waals surface area contributed by atoms with Gasteiger partial charge in [-0.2, -0.15) is 0 Å². The highest BCUT2D eigenvalue weighted by molar-refractivity contribution is 6.34. The smallest absolute Gasteiger partial charge is 0.266 e. The molecule has 0 saturated carbocycles. The Kier molecular flexibility index (Phi) is 4.97. The summed E-state index contributed by atoms with van der Waals surface area (Å²) in [7, 11) is 0. The molecule has 0 unspecified atom stereocenters. The predicted octanol–water partition coefficient (Wildman–Crippen LogP) is 3.78. The number of rotatable bonds is 5. The van der Waals surface area contributed by atoms with Gasteiger partial charge in [-0.25, -0.2) is 13.7 Å². The molecule has 0 spiro atoms. The van der Waals surface area contributed by atoms with Crippen LogP contribution in [0.25, 0.3) is 0 Å². The van der Waals surface area contributed by atoms with E-state index in [1.807, 2.05) is 0 Å². The van der Waals surface area contributed by atoms with Crippen molar-refractivity contribution in [2.24, 2.45) is 0 Å². The average molecular weight is 408 g/mol. The lowest BCUT2D eigenvalue weighted by Gasteiger charge is -2.15. The van der Waals surface area contributed by atoms with Gasteiger partial charge < -0.3 is 10.1 Å². The highest BCUT2D eigenvalue weighted by Crippen LogP contribution is 2.29. The fourth-order valence-corrected chi connectivity index (χ4v) is 3.08. The summed E-state index contributed by atoms with van der Waals surface area (Å²) in [6.45, 7) is -0.514. The van der Waals surface area contributed by atoms with Gasteiger partial charge in [0, 0.05) is 11.8 Å². The number of carbonyl (C=O) groups is 3. The summed E-state index contributed by atoms with van der Waals surface area (Å²) in [4.78, 5) is 38.3. The molecule has 8 heteroatoms. The number of nitrogens with zero attached hydrogens (tertiary/aromatic N) is 1. The molecule has 0 aromatic heterocycles. The normalized spacial score (nSPS) is 12.7. The number of nitrogens with one attached hydrogen (secondary N) is 1.